The summed E-state index contributed by atoms with van der Waals surface area (Å²) in [5.74, 6) is -0.777. The molecule has 0 saturated carbocycles. The van der Waals surface area contributed by atoms with Crippen LogP contribution in [-0.2, 0) is 17.4 Å². The maximum absolute atomic E-state index is 12.5. The van der Waals surface area contributed by atoms with E-state index < -0.39 is 17.7 Å². The van der Waals surface area contributed by atoms with E-state index in [1.807, 2.05) is 0 Å². The number of ether oxygens (including phenoxy) is 1. The first kappa shape index (κ1) is 15.4. The minimum atomic E-state index is -4.47. The van der Waals surface area contributed by atoms with Crippen LogP contribution >= 0.6 is 11.6 Å². The summed E-state index contributed by atoms with van der Waals surface area (Å²) in [6, 6.07) is 10.7. The maximum Gasteiger partial charge on any atom is 0.416 e. The molecule has 0 fully saturated rings. The molecule has 0 aliphatic rings. The zero-order valence-corrected chi connectivity index (χ0v) is 11.4. The normalized spacial score (nSPS) is 11.2. The Morgan fingerprint density at radius 3 is 2.38 bits per heavy atom. The van der Waals surface area contributed by atoms with Crippen molar-refractivity contribution in [3.8, 4) is 5.75 Å². The second-order valence-corrected chi connectivity index (χ2v) is 4.74. The van der Waals surface area contributed by atoms with Crippen molar-refractivity contribution in [2.24, 2.45) is 0 Å². The van der Waals surface area contributed by atoms with Gasteiger partial charge >= 0.3 is 12.1 Å². The van der Waals surface area contributed by atoms with Crippen LogP contribution in [0.15, 0.2) is 48.5 Å². The molecule has 0 atom stereocenters. The van der Waals surface area contributed by atoms with Crippen LogP contribution in [0.3, 0.4) is 0 Å². The van der Waals surface area contributed by atoms with Gasteiger partial charge in [-0.05, 0) is 35.9 Å². The third-order valence-electron chi connectivity index (χ3n) is 2.65. The van der Waals surface area contributed by atoms with Crippen LogP contribution in [-0.4, -0.2) is 5.97 Å². The van der Waals surface area contributed by atoms with Gasteiger partial charge in [-0.2, -0.15) is 13.2 Å². The molecule has 0 saturated heterocycles. The highest BCUT2D eigenvalue weighted by molar-refractivity contribution is 6.30. The van der Waals surface area contributed by atoms with Crippen molar-refractivity contribution in [3.63, 3.8) is 0 Å². The summed E-state index contributed by atoms with van der Waals surface area (Å²) in [4.78, 5) is 11.7. The van der Waals surface area contributed by atoms with Crippen molar-refractivity contribution >= 4 is 17.6 Å². The highest BCUT2D eigenvalue weighted by Crippen LogP contribution is 2.31. The smallest absolute Gasteiger partial charge is 0.416 e. The largest absolute Gasteiger partial charge is 0.426 e. The molecule has 21 heavy (non-hydrogen) atoms. The highest BCUT2D eigenvalue weighted by atomic mass is 35.5. The third kappa shape index (κ3) is 4.49. The molecule has 110 valence electrons. The number of benzene rings is 2. The van der Waals surface area contributed by atoms with Crippen LogP contribution in [0.25, 0.3) is 0 Å². The first-order valence-corrected chi connectivity index (χ1v) is 6.35. The summed E-state index contributed by atoms with van der Waals surface area (Å²) < 4.78 is 42.5. The van der Waals surface area contributed by atoms with Gasteiger partial charge in [0, 0.05) is 5.02 Å². The van der Waals surface area contributed by atoms with E-state index in [-0.39, 0.29) is 12.2 Å². The predicted octanol–water partition coefficient (Wildman–Crippen LogP) is 4.51. The molecule has 6 heteroatoms. The van der Waals surface area contributed by atoms with Crippen molar-refractivity contribution in [1.82, 2.24) is 0 Å². The first-order valence-electron chi connectivity index (χ1n) is 5.97. The van der Waals surface area contributed by atoms with E-state index in [0.717, 1.165) is 12.1 Å². The number of carbonyl (C=O) groups is 1. The minimum absolute atomic E-state index is 0.0482. The SMILES string of the molecule is O=C(Cc1ccc(Cl)cc1)Oc1cccc(C(F)(F)F)c1. The van der Waals surface area contributed by atoms with Gasteiger partial charge < -0.3 is 4.74 Å². The van der Waals surface area contributed by atoms with Gasteiger partial charge in [0.2, 0.25) is 0 Å². The minimum Gasteiger partial charge on any atom is -0.426 e. The summed E-state index contributed by atoms with van der Waals surface area (Å²) in [7, 11) is 0. The average molecular weight is 315 g/mol. The molecule has 0 N–H and O–H groups in total. The number of hydrogen-bond acceptors (Lipinski definition) is 2. The Morgan fingerprint density at radius 1 is 1.10 bits per heavy atom. The van der Waals surface area contributed by atoms with Gasteiger partial charge in [-0.25, -0.2) is 0 Å². The van der Waals surface area contributed by atoms with E-state index in [1.165, 1.54) is 12.1 Å². The Bertz CT molecular complexity index is 636. The fraction of sp³-hybridized carbons (Fsp3) is 0.133. The molecule has 0 heterocycles. The topological polar surface area (TPSA) is 26.3 Å². The van der Waals surface area contributed by atoms with Crippen LogP contribution in [0.5, 0.6) is 5.75 Å². The van der Waals surface area contributed by atoms with Crippen molar-refractivity contribution < 1.29 is 22.7 Å². The molecule has 0 radical (unpaired) electrons. The molecule has 0 bridgehead atoms. The molecule has 0 aromatic heterocycles. The molecular weight excluding hydrogens is 305 g/mol. The maximum atomic E-state index is 12.5. The third-order valence-corrected chi connectivity index (χ3v) is 2.91. The lowest BCUT2D eigenvalue weighted by Gasteiger charge is -2.09. The van der Waals surface area contributed by atoms with Crippen LogP contribution in [0.4, 0.5) is 13.2 Å². The summed E-state index contributed by atoms with van der Waals surface area (Å²) in [5, 5.41) is 0.532. The zero-order valence-electron chi connectivity index (χ0n) is 10.7. The number of hydrogen-bond donors (Lipinski definition) is 0. The standard InChI is InChI=1S/C15H10ClF3O2/c16-12-6-4-10(5-7-12)8-14(20)21-13-3-1-2-11(9-13)15(17,18)19/h1-7,9H,8H2. The second kappa shape index (κ2) is 6.18. The lowest BCUT2D eigenvalue weighted by atomic mass is 10.1. The molecule has 0 amide bonds. The van der Waals surface area contributed by atoms with E-state index in [1.54, 1.807) is 24.3 Å². The molecule has 0 spiro atoms. The number of rotatable bonds is 3. The summed E-state index contributed by atoms with van der Waals surface area (Å²) >= 11 is 5.72. The average Bonchev–Trinajstić information content (AvgIpc) is 2.41. The van der Waals surface area contributed by atoms with Crippen LogP contribution in [0.2, 0.25) is 5.02 Å². The molecular formula is C15H10ClF3O2. The van der Waals surface area contributed by atoms with E-state index >= 15 is 0 Å². The van der Waals surface area contributed by atoms with E-state index in [9.17, 15) is 18.0 Å². The zero-order chi connectivity index (χ0) is 15.5. The van der Waals surface area contributed by atoms with Gasteiger partial charge in [0.15, 0.2) is 0 Å². The number of alkyl halides is 3. The van der Waals surface area contributed by atoms with Crippen molar-refractivity contribution in [1.29, 1.82) is 0 Å². The number of esters is 1. The van der Waals surface area contributed by atoms with Crippen molar-refractivity contribution in [2.75, 3.05) is 0 Å². The van der Waals surface area contributed by atoms with Crippen LogP contribution < -0.4 is 4.74 Å². The fourth-order valence-electron chi connectivity index (χ4n) is 1.67. The number of carbonyl (C=O) groups excluding carboxylic acids is 1. The molecule has 0 aliphatic carbocycles. The first-order chi connectivity index (χ1) is 9.84. The summed E-state index contributed by atoms with van der Waals surface area (Å²) in [6.45, 7) is 0. The van der Waals surface area contributed by atoms with Crippen molar-refractivity contribution in [3.05, 3.63) is 64.7 Å². The summed E-state index contributed by atoms with van der Waals surface area (Å²) in [5.41, 5.74) is -0.198. The fourth-order valence-corrected chi connectivity index (χ4v) is 1.80. The van der Waals surface area contributed by atoms with E-state index in [0.29, 0.717) is 10.6 Å². The molecule has 2 nitrogen and oxygen atoms in total. The van der Waals surface area contributed by atoms with Crippen molar-refractivity contribution in [2.45, 2.75) is 12.6 Å². The molecule has 2 rings (SSSR count). The van der Waals surface area contributed by atoms with Gasteiger partial charge in [-0.3, -0.25) is 4.79 Å². The lowest BCUT2D eigenvalue weighted by Crippen LogP contribution is -2.12. The summed E-state index contributed by atoms with van der Waals surface area (Å²) in [6.07, 6.45) is -4.52. The Kier molecular flexibility index (Phi) is 4.53. The van der Waals surface area contributed by atoms with Gasteiger partial charge in [-0.15, -0.1) is 0 Å². The molecule has 2 aromatic rings. The highest BCUT2D eigenvalue weighted by Gasteiger charge is 2.30. The molecule has 0 unspecified atom stereocenters. The van der Waals surface area contributed by atoms with Gasteiger partial charge in [0.1, 0.15) is 5.75 Å². The predicted molar refractivity (Wildman–Crippen MR) is 72.2 cm³/mol. The van der Waals surface area contributed by atoms with E-state index in [2.05, 4.69) is 0 Å². The second-order valence-electron chi connectivity index (χ2n) is 4.30. The lowest BCUT2D eigenvalue weighted by molar-refractivity contribution is -0.138. The van der Waals surface area contributed by atoms with Gasteiger partial charge in [0.25, 0.3) is 0 Å². The number of halogens is 4. The monoisotopic (exact) mass is 314 g/mol. The Morgan fingerprint density at radius 2 is 1.76 bits per heavy atom. The molecule has 0 aliphatic heterocycles. The quantitative estimate of drug-likeness (QED) is 0.615. The Labute approximate surface area is 124 Å². The molecule has 2 aromatic carbocycles. The van der Waals surface area contributed by atoms with Gasteiger partial charge in [0.05, 0.1) is 12.0 Å². The van der Waals surface area contributed by atoms with E-state index in [4.69, 9.17) is 16.3 Å². The van der Waals surface area contributed by atoms with Crippen LogP contribution in [0.1, 0.15) is 11.1 Å². The Balaban J connectivity index is 2.04. The van der Waals surface area contributed by atoms with Gasteiger partial charge in [-0.1, -0.05) is 29.8 Å². The van der Waals surface area contributed by atoms with Crippen LogP contribution in [0, 0.1) is 0 Å². The Hall–Kier alpha value is -2.01.